The molecule has 7 nitrogen and oxygen atoms in total. The molecule has 0 N–H and O–H groups in total. The molecule has 0 radical (unpaired) electrons. The summed E-state index contributed by atoms with van der Waals surface area (Å²) in [5.74, 6) is 0.719. The molecular weight excluding hydrogens is 454 g/mol. The summed E-state index contributed by atoms with van der Waals surface area (Å²) in [5.41, 5.74) is 2.89. The highest BCUT2D eigenvalue weighted by atomic mass is 35.5. The molecule has 2 aliphatic heterocycles. The van der Waals surface area contributed by atoms with Gasteiger partial charge in [0.1, 0.15) is 11.4 Å². The van der Waals surface area contributed by atoms with Gasteiger partial charge in [-0.25, -0.2) is 4.79 Å². The number of halogens is 1. The van der Waals surface area contributed by atoms with Crippen molar-refractivity contribution in [2.45, 2.75) is 39.3 Å². The summed E-state index contributed by atoms with van der Waals surface area (Å²) in [6.07, 6.45) is 0.462. The molecule has 34 heavy (non-hydrogen) atoms. The minimum Gasteiger partial charge on any atom is -0.497 e. The maximum absolute atomic E-state index is 13.4. The second-order valence-electron chi connectivity index (χ2n) is 9.72. The summed E-state index contributed by atoms with van der Waals surface area (Å²) >= 11 is 6.84. The molecule has 0 aliphatic carbocycles. The largest absolute Gasteiger partial charge is 0.497 e. The molecule has 0 bridgehead atoms. The SMILES string of the molecule is COc1cccc(CN2CCc3ccc(N4CCN(C(=O)OC(C)(C)C)CC4)c(Cl)c3C2=O)c1. The van der Waals surface area contributed by atoms with E-state index in [0.717, 1.165) is 29.0 Å². The molecule has 2 aromatic carbocycles. The summed E-state index contributed by atoms with van der Waals surface area (Å²) < 4.78 is 10.8. The summed E-state index contributed by atoms with van der Waals surface area (Å²) in [7, 11) is 1.63. The van der Waals surface area contributed by atoms with Gasteiger partial charge in [-0.2, -0.15) is 0 Å². The van der Waals surface area contributed by atoms with E-state index >= 15 is 0 Å². The van der Waals surface area contributed by atoms with E-state index in [1.807, 2.05) is 62.1 Å². The third-order valence-corrected chi connectivity index (χ3v) is 6.52. The van der Waals surface area contributed by atoms with Crippen LogP contribution in [0.1, 0.15) is 42.3 Å². The number of fused-ring (bicyclic) bond motifs is 1. The van der Waals surface area contributed by atoms with E-state index in [2.05, 4.69) is 4.90 Å². The van der Waals surface area contributed by atoms with Crippen LogP contribution in [0, 0.1) is 0 Å². The number of carbonyl (C=O) groups is 2. The number of amides is 2. The number of rotatable bonds is 4. The Hall–Kier alpha value is -2.93. The first-order valence-corrected chi connectivity index (χ1v) is 12.0. The molecule has 0 saturated carbocycles. The van der Waals surface area contributed by atoms with E-state index in [1.54, 1.807) is 12.0 Å². The first-order valence-electron chi connectivity index (χ1n) is 11.6. The quantitative estimate of drug-likeness (QED) is 0.633. The van der Waals surface area contributed by atoms with Crippen molar-refractivity contribution in [3.63, 3.8) is 0 Å². The van der Waals surface area contributed by atoms with Crippen LogP contribution in [0.25, 0.3) is 0 Å². The molecule has 2 heterocycles. The second kappa shape index (κ2) is 9.74. The van der Waals surface area contributed by atoms with Crippen molar-refractivity contribution in [1.82, 2.24) is 9.80 Å². The lowest BCUT2D eigenvalue weighted by Crippen LogP contribution is -2.50. The third kappa shape index (κ3) is 5.25. The zero-order chi connectivity index (χ0) is 24.5. The van der Waals surface area contributed by atoms with Gasteiger partial charge in [-0.15, -0.1) is 0 Å². The lowest BCUT2D eigenvalue weighted by Gasteiger charge is -2.38. The molecular formula is C26H32ClN3O4. The van der Waals surface area contributed by atoms with Crippen molar-refractivity contribution < 1.29 is 19.1 Å². The van der Waals surface area contributed by atoms with Gasteiger partial charge < -0.3 is 24.2 Å². The Bertz CT molecular complexity index is 1070. The Labute approximate surface area is 206 Å². The molecule has 2 aliphatic rings. The number of hydrogen-bond acceptors (Lipinski definition) is 5. The molecule has 0 unspecified atom stereocenters. The Morgan fingerprint density at radius 1 is 1.06 bits per heavy atom. The van der Waals surface area contributed by atoms with Gasteiger partial charge in [0.25, 0.3) is 5.91 Å². The number of nitrogens with zero attached hydrogens (tertiary/aromatic N) is 3. The molecule has 182 valence electrons. The summed E-state index contributed by atoms with van der Waals surface area (Å²) in [6.45, 7) is 9.07. The lowest BCUT2D eigenvalue weighted by molar-refractivity contribution is 0.0240. The van der Waals surface area contributed by atoms with Crippen LogP contribution < -0.4 is 9.64 Å². The van der Waals surface area contributed by atoms with E-state index in [9.17, 15) is 9.59 Å². The topological polar surface area (TPSA) is 62.3 Å². The van der Waals surface area contributed by atoms with Crippen molar-refractivity contribution in [2.75, 3.05) is 44.7 Å². The first kappa shape index (κ1) is 24.2. The monoisotopic (exact) mass is 485 g/mol. The lowest BCUT2D eigenvalue weighted by atomic mass is 9.97. The number of anilines is 1. The molecule has 1 fully saturated rings. The number of hydrogen-bond donors (Lipinski definition) is 0. The molecule has 2 aromatic rings. The average molecular weight is 486 g/mol. The van der Waals surface area contributed by atoms with Gasteiger partial charge in [-0.1, -0.05) is 29.8 Å². The zero-order valence-corrected chi connectivity index (χ0v) is 21.0. The predicted octanol–water partition coefficient (Wildman–Crippen LogP) is 4.60. The van der Waals surface area contributed by atoms with Gasteiger partial charge in [0.2, 0.25) is 0 Å². The van der Waals surface area contributed by atoms with Gasteiger partial charge in [0.05, 0.1) is 23.4 Å². The van der Waals surface area contributed by atoms with Crippen LogP contribution in [0.3, 0.4) is 0 Å². The van der Waals surface area contributed by atoms with Crippen LogP contribution in [0.15, 0.2) is 36.4 Å². The predicted molar refractivity (Wildman–Crippen MR) is 133 cm³/mol. The maximum Gasteiger partial charge on any atom is 0.410 e. The Kier molecular flexibility index (Phi) is 6.94. The van der Waals surface area contributed by atoms with Crippen LogP contribution in [-0.2, 0) is 17.7 Å². The van der Waals surface area contributed by atoms with Crippen LogP contribution in [0.5, 0.6) is 5.75 Å². The van der Waals surface area contributed by atoms with Gasteiger partial charge >= 0.3 is 6.09 Å². The second-order valence-corrected chi connectivity index (χ2v) is 10.1. The molecule has 0 spiro atoms. The van der Waals surface area contributed by atoms with Crippen LogP contribution in [0.4, 0.5) is 10.5 Å². The molecule has 8 heteroatoms. The number of methoxy groups -OCH3 is 1. The van der Waals surface area contributed by atoms with E-state index in [-0.39, 0.29) is 12.0 Å². The normalized spacial score (nSPS) is 16.4. The van der Waals surface area contributed by atoms with Gasteiger partial charge in [0.15, 0.2) is 0 Å². The first-order chi connectivity index (χ1) is 16.2. The number of piperazine rings is 1. The van der Waals surface area contributed by atoms with Crippen LogP contribution >= 0.6 is 11.6 Å². The van der Waals surface area contributed by atoms with Crippen molar-refractivity contribution >= 4 is 29.3 Å². The molecule has 4 rings (SSSR count). The molecule has 2 amide bonds. The van der Waals surface area contributed by atoms with Crippen molar-refractivity contribution in [3.8, 4) is 5.75 Å². The highest BCUT2D eigenvalue weighted by Gasteiger charge is 2.31. The van der Waals surface area contributed by atoms with Crippen molar-refractivity contribution in [2.24, 2.45) is 0 Å². The Morgan fingerprint density at radius 3 is 2.47 bits per heavy atom. The standard InChI is InChI=1S/C26H32ClN3O4/c1-26(2,3)34-25(32)29-14-12-28(13-15-29)21-9-8-19-10-11-30(24(31)22(19)23(21)27)17-18-6-5-7-20(16-18)33-4/h5-9,16H,10-15,17H2,1-4H3. The Balaban J connectivity index is 1.48. The van der Waals surface area contributed by atoms with E-state index < -0.39 is 5.60 Å². The fourth-order valence-electron chi connectivity index (χ4n) is 4.40. The fraction of sp³-hybridized carbons (Fsp3) is 0.462. The average Bonchev–Trinajstić information content (AvgIpc) is 2.80. The third-order valence-electron chi connectivity index (χ3n) is 6.14. The Morgan fingerprint density at radius 2 is 1.79 bits per heavy atom. The number of ether oxygens (including phenoxy) is 2. The molecule has 1 saturated heterocycles. The molecule has 0 aromatic heterocycles. The summed E-state index contributed by atoms with van der Waals surface area (Å²) in [5, 5.41) is 0.489. The smallest absolute Gasteiger partial charge is 0.410 e. The summed E-state index contributed by atoms with van der Waals surface area (Å²) in [4.78, 5) is 31.5. The van der Waals surface area contributed by atoms with Crippen molar-refractivity contribution in [1.29, 1.82) is 0 Å². The zero-order valence-electron chi connectivity index (χ0n) is 20.3. The highest BCUT2D eigenvalue weighted by molar-refractivity contribution is 6.36. The number of carbonyl (C=O) groups excluding carboxylic acids is 2. The van der Waals surface area contributed by atoms with Crippen LogP contribution in [0.2, 0.25) is 5.02 Å². The maximum atomic E-state index is 13.4. The minimum atomic E-state index is -0.521. The van der Waals surface area contributed by atoms with Gasteiger partial charge in [-0.05, 0) is 56.5 Å². The van der Waals surface area contributed by atoms with E-state index in [0.29, 0.717) is 49.9 Å². The van der Waals surface area contributed by atoms with Gasteiger partial charge in [-0.3, -0.25) is 4.79 Å². The van der Waals surface area contributed by atoms with Crippen molar-refractivity contribution in [3.05, 3.63) is 58.1 Å². The minimum absolute atomic E-state index is 0.0525. The number of benzene rings is 2. The van der Waals surface area contributed by atoms with E-state index in [4.69, 9.17) is 21.1 Å². The van der Waals surface area contributed by atoms with E-state index in [1.165, 1.54) is 0 Å². The fourth-order valence-corrected chi connectivity index (χ4v) is 4.79. The molecule has 0 atom stereocenters. The van der Waals surface area contributed by atoms with Crippen LogP contribution in [-0.4, -0.2) is 67.2 Å². The van der Waals surface area contributed by atoms with Gasteiger partial charge in [0, 0.05) is 39.3 Å². The highest BCUT2D eigenvalue weighted by Crippen LogP contribution is 2.36. The summed E-state index contributed by atoms with van der Waals surface area (Å²) in [6, 6.07) is 11.8.